The second-order valence-electron chi connectivity index (χ2n) is 4.15. The standard InChI is InChI=1S/C13H16N2O5S/c1-21-7-6-10(12(18)19)15-13(20)14-9-4-2-8(3-5-9)11(16)17/h2-5,10H,6-7H2,1H3,(H,16,17)(H,18,19)(H2,14,15,20)/t10-/m0/s1. The Balaban J connectivity index is 2.59. The second-order valence-corrected chi connectivity index (χ2v) is 5.14. The maximum absolute atomic E-state index is 11.7. The van der Waals surface area contributed by atoms with Crippen LogP contribution in [-0.4, -0.2) is 46.2 Å². The van der Waals surface area contributed by atoms with E-state index in [-0.39, 0.29) is 5.56 Å². The molecule has 1 rings (SSSR count). The molecule has 0 heterocycles. The summed E-state index contributed by atoms with van der Waals surface area (Å²) in [5.41, 5.74) is 0.482. The third kappa shape index (κ3) is 5.74. The van der Waals surface area contributed by atoms with Crippen molar-refractivity contribution >= 4 is 35.4 Å². The van der Waals surface area contributed by atoms with E-state index in [9.17, 15) is 14.4 Å². The van der Waals surface area contributed by atoms with Gasteiger partial charge in [0.2, 0.25) is 0 Å². The number of nitrogens with one attached hydrogen (secondary N) is 2. The smallest absolute Gasteiger partial charge is 0.335 e. The second kappa shape index (κ2) is 8.15. The Morgan fingerprint density at radius 2 is 1.81 bits per heavy atom. The highest BCUT2D eigenvalue weighted by Gasteiger charge is 2.19. The Kier molecular flexibility index (Phi) is 6.54. The third-order valence-electron chi connectivity index (χ3n) is 2.60. The van der Waals surface area contributed by atoms with Gasteiger partial charge in [0.15, 0.2) is 0 Å². The minimum atomic E-state index is -1.10. The number of aliphatic carboxylic acids is 1. The van der Waals surface area contributed by atoms with Crippen molar-refractivity contribution in [2.75, 3.05) is 17.3 Å². The van der Waals surface area contributed by atoms with E-state index in [0.29, 0.717) is 17.9 Å². The number of carboxylic acids is 2. The molecule has 1 atom stereocenters. The minimum Gasteiger partial charge on any atom is -0.480 e. The van der Waals surface area contributed by atoms with Crippen LogP contribution in [0.5, 0.6) is 0 Å². The third-order valence-corrected chi connectivity index (χ3v) is 3.25. The number of carbonyl (C=O) groups is 3. The fourth-order valence-corrected chi connectivity index (χ4v) is 1.99. The Labute approximate surface area is 125 Å². The Morgan fingerprint density at radius 3 is 2.29 bits per heavy atom. The average Bonchev–Trinajstić information content (AvgIpc) is 2.43. The Hall–Kier alpha value is -2.22. The molecular formula is C13H16N2O5S. The van der Waals surface area contributed by atoms with Crippen LogP contribution in [0.1, 0.15) is 16.8 Å². The largest absolute Gasteiger partial charge is 0.480 e. The molecule has 1 aromatic rings. The first-order valence-electron chi connectivity index (χ1n) is 6.06. The number of amides is 2. The van der Waals surface area contributed by atoms with Gasteiger partial charge in [-0.1, -0.05) is 0 Å². The summed E-state index contributed by atoms with van der Waals surface area (Å²) in [6, 6.07) is 3.95. The van der Waals surface area contributed by atoms with Crippen LogP contribution >= 0.6 is 11.8 Å². The maximum Gasteiger partial charge on any atom is 0.335 e. The van der Waals surface area contributed by atoms with Crippen LogP contribution in [0.2, 0.25) is 0 Å². The summed E-state index contributed by atoms with van der Waals surface area (Å²) < 4.78 is 0. The first-order chi connectivity index (χ1) is 9.93. The van der Waals surface area contributed by atoms with Crippen molar-refractivity contribution in [2.24, 2.45) is 0 Å². The number of carboxylic acid groups (broad SMARTS) is 2. The summed E-state index contributed by atoms with van der Waals surface area (Å²) in [7, 11) is 0. The molecule has 1 aromatic carbocycles. The Morgan fingerprint density at radius 1 is 1.19 bits per heavy atom. The molecule has 0 spiro atoms. The van der Waals surface area contributed by atoms with Gasteiger partial charge in [0, 0.05) is 5.69 Å². The quantitative estimate of drug-likeness (QED) is 0.609. The fraction of sp³-hybridized carbons (Fsp3) is 0.308. The number of hydrogen-bond donors (Lipinski definition) is 4. The van der Waals surface area contributed by atoms with Crippen LogP contribution in [0, 0.1) is 0 Å². The molecule has 0 saturated carbocycles. The van der Waals surface area contributed by atoms with Crippen molar-refractivity contribution in [3.8, 4) is 0 Å². The number of thioether (sulfide) groups is 1. The average molecular weight is 312 g/mol. The van der Waals surface area contributed by atoms with Gasteiger partial charge in [-0.15, -0.1) is 0 Å². The molecule has 7 nitrogen and oxygen atoms in total. The SMILES string of the molecule is CSCC[C@H](NC(=O)Nc1ccc(C(=O)O)cc1)C(=O)O. The fourth-order valence-electron chi connectivity index (χ4n) is 1.51. The number of hydrogen-bond acceptors (Lipinski definition) is 4. The first-order valence-corrected chi connectivity index (χ1v) is 7.46. The van der Waals surface area contributed by atoms with Crippen molar-refractivity contribution in [1.82, 2.24) is 5.32 Å². The lowest BCUT2D eigenvalue weighted by molar-refractivity contribution is -0.139. The van der Waals surface area contributed by atoms with E-state index in [2.05, 4.69) is 10.6 Å². The Bertz CT molecular complexity index is 518. The van der Waals surface area contributed by atoms with Crippen LogP contribution in [0.25, 0.3) is 0 Å². The molecule has 114 valence electrons. The number of rotatable bonds is 7. The number of carbonyl (C=O) groups excluding carboxylic acids is 1. The van der Waals surface area contributed by atoms with Crippen LogP contribution < -0.4 is 10.6 Å². The lowest BCUT2D eigenvalue weighted by Gasteiger charge is -2.14. The van der Waals surface area contributed by atoms with Crippen LogP contribution in [-0.2, 0) is 4.79 Å². The molecule has 0 radical (unpaired) electrons. The molecule has 0 aliphatic heterocycles. The van der Waals surface area contributed by atoms with E-state index in [4.69, 9.17) is 10.2 Å². The highest BCUT2D eigenvalue weighted by Crippen LogP contribution is 2.09. The topological polar surface area (TPSA) is 116 Å². The summed E-state index contributed by atoms with van der Waals surface area (Å²) in [6.45, 7) is 0. The van der Waals surface area contributed by atoms with Gasteiger partial charge in [-0.3, -0.25) is 0 Å². The van der Waals surface area contributed by atoms with Crippen molar-refractivity contribution in [1.29, 1.82) is 0 Å². The molecule has 0 saturated heterocycles. The molecule has 0 aromatic heterocycles. The summed E-state index contributed by atoms with van der Waals surface area (Å²) in [5, 5.41) is 22.6. The molecule has 21 heavy (non-hydrogen) atoms. The molecule has 8 heteroatoms. The highest BCUT2D eigenvalue weighted by atomic mass is 32.2. The highest BCUT2D eigenvalue weighted by molar-refractivity contribution is 7.98. The predicted octanol–water partition coefficient (Wildman–Crippen LogP) is 1.71. The van der Waals surface area contributed by atoms with E-state index < -0.39 is 24.0 Å². The van der Waals surface area contributed by atoms with Crippen molar-refractivity contribution in [3.05, 3.63) is 29.8 Å². The summed E-state index contributed by atoms with van der Waals surface area (Å²) in [4.78, 5) is 33.4. The molecule has 0 aliphatic rings. The zero-order chi connectivity index (χ0) is 15.8. The lowest BCUT2D eigenvalue weighted by Crippen LogP contribution is -2.43. The lowest BCUT2D eigenvalue weighted by atomic mass is 10.2. The normalized spacial score (nSPS) is 11.5. The molecule has 0 aliphatic carbocycles. The van der Waals surface area contributed by atoms with E-state index in [1.165, 1.54) is 36.0 Å². The van der Waals surface area contributed by atoms with E-state index in [1.807, 2.05) is 6.26 Å². The van der Waals surface area contributed by atoms with Gasteiger partial charge in [-0.2, -0.15) is 11.8 Å². The monoisotopic (exact) mass is 312 g/mol. The number of anilines is 1. The predicted molar refractivity (Wildman–Crippen MR) is 80.0 cm³/mol. The molecule has 0 unspecified atom stereocenters. The molecule has 4 N–H and O–H groups in total. The number of aromatic carboxylic acids is 1. The number of benzene rings is 1. The van der Waals surface area contributed by atoms with Gasteiger partial charge in [0.25, 0.3) is 0 Å². The van der Waals surface area contributed by atoms with Gasteiger partial charge >= 0.3 is 18.0 Å². The van der Waals surface area contributed by atoms with Crippen LogP contribution in [0.15, 0.2) is 24.3 Å². The maximum atomic E-state index is 11.7. The van der Waals surface area contributed by atoms with Crippen molar-refractivity contribution < 1.29 is 24.6 Å². The zero-order valence-electron chi connectivity index (χ0n) is 11.3. The zero-order valence-corrected chi connectivity index (χ0v) is 12.1. The van der Waals surface area contributed by atoms with Crippen molar-refractivity contribution in [3.63, 3.8) is 0 Å². The molecular weight excluding hydrogens is 296 g/mol. The van der Waals surface area contributed by atoms with E-state index in [0.717, 1.165) is 0 Å². The van der Waals surface area contributed by atoms with Crippen molar-refractivity contribution in [2.45, 2.75) is 12.5 Å². The minimum absolute atomic E-state index is 0.101. The molecule has 2 amide bonds. The first kappa shape index (κ1) is 16.8. The number of urea groups is 1. The van der Waals surface area contributed by atoms with Gasteiger partial charge in [0.05, 0.1) is 5.56 Å². The van der Waals surface area contributed by atoms with E-state index in [1.54, 1.807) is 0 Å². The van der Waals surface area contributed by atoms with Crippen LogP contribution in [0.4, 0.5) is 10.5 Å². The molecule has 0 fully saturated rings. The summed E-state index contributed by atoms with van der Waals surface area (Å²) >= 11 is 1.49. The van der Waals surface area contributed by atoms with Gasteiger partial charge in [-0.05, 0) is 42.7 Å². The van der Waals surface area contributed by atoms with Gasteiger partial charge in [0.1, 0.15) is 6.04 Å². The van der Waals surface area contributed by atoms with Gasteiger partial charge < -0.3 is 20.8 Å². The summed E-state index contributed by atoms with van der Waals surface area (Å²) in [5.74, 6) is -1.54. The molecule has 0 bridgehead atoms. The van der Waals surface area contributed by atoms with Gasteiger partial charge in [-0.25, -0.2) is 14.4 Å². The van der Waals surface area contributed by atoms with E-state index >= 15 is 0 Å². The summed E-state index contributed by atoms with van der Waals surface area (Å²) in [6.07, 6.45) is 2.17. The van der Waals surface area contributed by atoms with Crippen LogP contribution in [0.3, 0.4) is 0 Å².